The second-order valence-corrected chi connectivity index (χ2v) is 5.31. The summed E-state index contributed by atoms with van der Waals surface area (Å²) in [6, 6.07) is 0. The first-order valence-corrected chi connectivity index (χ1v) is 6.93. The molecule has 0 aromatic rings. The summed E-state index contributed by atoms with van der Waals surface area (Å²) in [7, 11) is -3.18. The lowest BCUT2D eigenvalue weighted by atomic mass is 10.3. The molecule has 0 aliphatic carbocycles. The van der Waals surface area contributed by atoms with Crippen molar-refractivity contribution in [2.75, 3.05) is 25.5 Å². The molecule has 1 N–H and O–H groups in total. The molecule has 0 aromatic heterocycles. The summed E-state index contributed by atoms with van der Waals surface area (Å²) in [5, 5.41) is 3.58. The molecule has 94 valence electrons. The van der Waals surface area contributed by atoms with Crippen molar-refractivity contribution in [2.24, 2.45) is 0 Å². The van der Waals surface area contributed by atoms with E-state index in [4.69, 9.17) is 4.74 Å². The van der Waals surface area contributed by atoms with E-state index in [2.05, 4.69) is 11.9 Å². The van der Waals surface area contributed by atoms with Crippen LogP contribution in [0.5, 0.6) is 0 Å². The van der Waals surface area contributed by atoms with E-state index >= 15 is 0 Å². The van der Waals surface area contributed by atoms with Gasteiger partial charge in [0.25, 0.3) is 0 Å². The Morgan fingerprint density at radius 1 is 1.44 bits per heavy atom. The molecule has 0 unspecified atom stereocenters. The fraction of sp³-hybridized carbons (Fsp3) is 0.700. The van der Waals surface area contributed by atoms with Gasteiger partial charge in [-0.2, -0.15) is 0 Å². The quantitative estimate of drug-likeness (QED) is 0.603. The predicted octanol–water partition coefficient (Wildman–Crippen LogP) is 0.478. The van der Waals surface area contributed by atoms with Gasteiger partial charge in [-0.1, -0.05) is 13.5 Å². The van der Waals surface area contributed by atoms with Crippen molar-refractivity contribution in [3.8, 4) is 0 Å². The first kappa shape index (κ1) is 15.1. The smallest absolute Gasteiger partial charge is 0.220 e. The van der Waals surface area contributed by atoms with Crippen molar-refractivity contribution in [1.82, 2.24) is 5.32 Å². The van der Waals surface area contributed by atoms with Crippen molar-refractivity contribution in [2.45, 2.75) is 19.8 Å². The SMILES string of the molecule is C=CS(=O)(=O)CCOCCNC(=O)CCC. The van der Waals surface area contributed by atoms with Crippen LogP contribution >= 0.6 is 0 Å². The zero-order valence-corrected chi connectivity index (χ0v) is 10.4. The number of carbonyl (C=O) groups excluding carboxylic acids is 1. The topological polar surface area (TPSA) is 72.5 Å². The van der Waals surface area contributed by atoms with Crippen LogP contribution in [0.3, 0.4) is 0 Å². The van der Waals surface area contributed by atoms with Crippen LogP contribution in [0.25, 0.3) is 0 Å². The molecule has 0 heterocycles. The van der Waals surface area contributed by atoms with Gasteiger partial charge in [-0.05, 0) is 6.42 Å². The van der Waals surface area contributed by atoms with Crippen molar-refractivity contribution in [3.63, 3.8) is 0 Å². The molecule has 16 heavy (non-hydrogen) atoms. The summed E-state index contributed by atoms with van der Waals surface area (Å²) in [4.78, 5) is 11.0. The van der Waals surface area contributed by atoms with E-state index in [0.29, 0.717) is 19.6 Å². The molecule has 0 saturated heterocycles. The van der Waals surface area contributed by atoms with E-state index in [9.17, 15) is 13.2 Å². The lowest BCUT2D eigenvalue weighted by Gasteiger charge is -2.05. The number of hydrogen-bond acceptors (Lipinski definition) is 4. The third-order valence-electron chi connectivity index (χ3n) is 1.81. The number of hydrogen-bond donors (Lipinski definition) is 1. The van der Waals surface area contributed by atoms with Gasteiger partial charge in [0.1, 0.15) is 0 Å². The van der Waals surface area contributed by atoms with Crippen LogP contribution in [0.4, 0.5) is 0 Å². The molecule has 0 aliphatic rings. The monoisotopic (exact) mass is 249 g/mol. The molecular formula is C10H19NO4S. The predicted molar refractivity (Wildman–Crippen MR) is 62.7 cm³/mol. The van der Waals surface area contributed by atoms with Crippen LogP contribution in [0, 0.1) is 0 Å². The van der Waals surface area contributed by atoms with Crippen molar-refractivity contribution < 1.29 is 17.9 Å². The molecule has 0 radical (unpaired) electrons. The highest BCUT2D eigenvalue weighted by Crippen LogP contribution is 1.90. The zero-order valence-electron chi connectivity index (χ0n) is 9.57. The molecule has 1 amide bonds. The largest absolute Gasteiger partial charge is 0.379 e. The van der Waals surface area contributed by atoms with E-state index < -0.39 is 9.84 Å². The van der Waals surface area contributed by atoms with Gasteiger partial charge in [-0.3, -0.25) is 4.79 Å². The van der Waals surface area contributed by atoms with Gasteiger partial charge in [0.15, 0.2) is 9.84 Å². The summed E-state index contributed by atoms with van der Waals surface area (Å²) in [6.07, 6.45) is 1.31. The molecular weight excluding hydrogens is 230 g/mol. The van der Waals surface area contributed by atoms with Crippen LogP contribution in [0.1, 0.15) is 19.8 Å². The fourth-order valence-electron chi connectivity index (χ4n) is 0.939. The number of ether oxygens (including phenoxy) is 1. The summed E-state index contributed by atoms with van der Waals surface area (Å²) in [6.45, 7) is 5.97. The van der Waals surface area contributed by atoms with Crippen molar-refractivity contribution in [1.29, 1.82) is 0 Å². The van der Waals surface area contributed by atoms with Crippen LogP contribution < -0.4 is 5.32 Å². The Balaban J connectivity index is 3.41. The number of nitrogens with one attached hydrogen (secondary N) is 1. The van der Waals surface area contributed by atoms with Crippen molar-refractivity contribution >= 4 is 15.7 Å². The highest BCUT2D eigenvalue weighted by Gasteiger charge is 2.04. The van der Waals surface area contributed by atoms with Crippen LogP contribution in [0.2, 0.25) is 0 Å². The Bertz CT molecular complexity index is 311. The van der Waals surface area contributed by atoms with Gasteiger partial charge in [0.2, 0.25) is 5.91 Å². The van der Waals surface area contributed by atoms with Gasteiger partial charge >= 0.3 is 0 Å². The van der Waals surface area contributed by atoms with Crippen LogP contribution in [-0.2, 0) is 19.4 Å². The average molecular weight is 249 g/mol. The van der Waals surface area contributed by atoms with Gasteiger partial charge in [0, 0.05) is 18.4 Å². The Hall–Kier alpha value is -0.880. The van der Waals surface area contributed by atoms with Gasteiger partial charge < -0.3 is 10.1 Å². The molecule has 0 aromatic carbocycles. The Morgan fingerprint density at radius 2 is 2.12 bits per heavy atom. The third-order valence-corrected chi connectivity index (χ3v) is 3.06. The molecule has 0 aliphatic heterocycles. The van der Waals surface area contributed by atoms with Crippen LogP contribution in [0.15, 0.2) is 12.0 Å². The standard InChI is InChI=1S/C10H19NO4S/c1-3-5-10(12)11-6-7-15-8-9-16(13,14)4-2/h4H,2-3,5-9H2,1H3,(H,11,12). The van der Waals surface area contributed by atoms with E-state index in [1.807, 2.05) is 6.92 Å². The van der Waals surface area contributed by atoms with E-state index in [0.717, 1.165) is 11.8 Å². The fourth-order valence-corrected chi connectivity index (χ4v) is 1.46. The van der Waals surface area contributed by atoms with E-state index in [-0.39, 0.29) is 18.3 Å². The number of carbonyl (C=O) groups is 1. The lowest BCUT2D eigenvalue weighted by Crippen LogP contribution is -2.27. The maximum absolute atomic E-state index is 11.0. The molecule has 0 spiro atoms. The summed E-state index contributed by atoms with van der Waals surface area (Å²) >= 11 is 0. The zero-order chi connectivity index (χ0) is 12.4. The van der Waals surface area contributed by atoms with E-state index in [1.54, 1.807) is 0 Å². The van der Waals surface area contributed by atoms with Gasteiger partial charge in [-0.15, -0.1) is 0 Å². The maximum atomic E-state index is 11.0. The summed E-state index contributed by atoms with van der Waals surface area (Å²) in [5.41, 5.74) is 0. The third kappa shape index (κ3) is 8.43. The second-order valence-electron chi connectivity index (χ2n) is 3.25. The highest BCUT2D eigenvalue weighted by atomic mass is 32.2. The van der Waals surface area contributed by atoms with Crippen molar-refractivity contribution in [3.05, 3.63) is 12.0 Å². The Kier molecular flexibility index (Phi) is 7.84. The van der Waals surface area contributed by atoms with Crippen LogP contribution in [-0.4, -0.2) is 39.8 Å². The molecule has 6 heteroatoms. The first-order chi connectivity index (χ1) is 7.52. The molecule has 0 bridgehead atoms. The minimum absolute atomic E-state index is 0.00943. The first-order valence-electron chi connectivity index (χ1n) is 5.21. The molecule has 0 rings (SSSR count). The minimum Gasteiger partial charge on any atom is -0.379 e. The highest BCUT2D eigenvalue weighted by molar-refractivity contribution is 7.94. The Labute approximate surface area is 96.8 Å². The van der Waals surface area contributed by atoms with Gasteiger partial charge in [-0.25, -0.2) is 8.42 Å². The Morgan fingerprint density at radius 3 is 2.69 bits per heavy atom. The average Bonchev–Trinajstić information content (AvgIpc) is 2.23. The lowest BCUT2D eigenvalue weighted by molar-refractivity contribution is -0.121. The molecule has 5 nitrogen and oxygen atoms in total. The minimum atomic E-state index is -3.18. The summed E-state index contributed by atoms with van der Waals surface area (Å²) < 4.78 is 27.0. The number of rotatable bonds is 9. The summed E-state index contributed by atoms with van der Waals surface area (Å²) in [5.74, 6) is -0.0795. The van der Waals surface area contributed by atoms with Gasteiger partial charge in [0.05, 0.1) is 19.0 Å². The molecule has 0 saturated carbocycles. The molecule has 0 fully saturated rings. The number of amides is 1. The maximum Gasteiger partial charge on any atom is 0.220 e. The second kappa shape index (κ2) is 8.29. The molecule has 0 atom stereocenters. The van der Waals surface area contributed by atoms with E-state index in [1.165, 1.54) is 0 Å². The normalized spacial score (nSPS) is 11.1. The number of sulfone groups is 1.